The number of nitrogens with zero attached hydrogens (tertiary/aromatic N) is 1. The Morgan fingerprint density at radius 3 is 2.65 bits per heavy atom. The number of aliphatic hydroxyl groups excluding tert-OH is 1. The molecular weight excluding hydrogens is 337 g/mol. The van der Waals surface area contributed by atoms with Gasteiger partial charge >= 0.3 is 0 Å². The molecule has 3 N–H and O–H groups in total. The fourth-order valence-corrected chi connectivity index (χ4v) is 3.89. The summed E-state index contributed by atoms with van der Waals surface area (Å²) in [4.78, 5) is 26.8. The van der Waals surface area contributed by atoms with Gasteiger partial charge in [-0.25, -0.2) is 4.39 Å². The molecule has 1 aromatic rings. The van der Waals surface area contributed by atoms with Crippen molar-refractivity contribution < 1.29 is 19.1 Å². The van der Waals surface area contributed by atoms with Gasteiger partial charge in [0, 0.05) is 19.6 Å². The van der Waals surface area contributed by atoms with Crippen molar-refractivity contribution >= 4 is 11.8 Å². The van der Waals surface area contributed by atoms with Crippen LogP contribution in [0.2, 0.25) is 0 Å². The second-order valence-electron chi connectivity index (χ2n) is 7.30. The van der Waals surface area contributed by atoms with Crippen LogP contribution in [0.5, 0.6) is 0 Å². The number of carbonyl (C=O) groups excluding carboxylic acids is 2. The zero-order chi connectivity index (χ0) is 18.6. The van der Waals surface area contributed by atoms with Crippen molar-refractivity contribution in [1.29, 1.82) is 0 Å². The lowest BCUT2D eigenvalue weighted by molar-refractivity contribution is -0.135. The molecule has 26 heavy (non-hydrogen) atoms. The maximum Gasteiger partial charge on any atom is 0.237 e. The highest BCUT2D eigenvalue weighted by atomic mass is 19.1. The molecule has 142 valence electrons. The zero-order valence-electron chi connectivity index (χ0n) is 14.8. The first-order valence-corrected chi connectivity index (χ1v) is 9.19. The van der Waals surface area contributed by atoms with Crippen LogP contribution in [0.25, 0.3) is 0 Å². The normalized spacial score (nSPS) is 22.8. The standard InChI is InChI=1S/C19H26FN3O3/c20-15-5-3-14(4-6-15)12-23-10-9-21-18(26)16(23)11-17(25)22-19(13-24)7-1-2-8-19/h3-6,16,24H,1-2,7-13H2,(H,21,26)(H,22,25)/t16-/m0/s1. The van der Waals surface area contributed by atoms with E-state index in [9.17, 15) is 19.1 Å². The number of aliphatic hydroxyl groups is 1. The molecule has 1 aliphatic heterocycles. The van der Waals surface area contributed by atoms with Crippen LogP contribution >= 0.6 is 0 Å². The molecule has 0 radical (unpaired) electrons. The molecule has 1 heterocycles. The highest BCUT2D eigenvalue weighted by molar-refractivity contribution is 5.89. The minimum absolute atomic E-state index is 0.0504. The van der Waals surface area contributed by atoms with Crippen molar-refractivity contribution in [2.24, 2.45) is 0 Å². The Hall–Kier alpha value is -1.99. The van der Waals surface area contributed by atoms with Gasteiger partial charge in [0.1, 0.15) is 5.82 Å². The van der Waals surface area contributed by atoms with Crippen LogP contribution in [0, 0.1) is 5.82 Å². The highest BCUT2D eigenvalue weighted by Gasteiger charge is 2.37. The van der Waals surface area contributed by atoms with Gasteiger partial charge in [-0.2, -0.15) is 0 Å². The molecule has 0 bridgehead atoms. The molecule has 6 nitrogen and oxygen atoms in total. The lowest BCUT2D eigenvalue weighted by Crippen LogP contribution is -2.57. The molecule has 1 aliphatic carbocycles. The van der Waals surface area contributed by atoms with Gasteiger partial charge in [0.2, 0.25) is 11.8 Å². The molecule has 1 aromatic carbocycles. The zero-order valence-corrected chi connectivity index (χ0v) is 14.8. The average molecular weight is 363 g/mol. The number of hydrogen-bond donors (Lipinski definition) is 3. The summed E-state index contributed by atoms with van der Waals surface area (Å²) in [6.45, 7) is 1.57. The van der Waals surface area contributed by atoms with Gasteiger partial charge < -0.3 is 15.7 Å². The summed E-state index contributed by atoms with van der Waals surface area (Å²) in [6.07, 6.45) is 3.56. The molecule has 0 aromatic heterocycles. The van der Waals surface area contributed by atoms with E-state index in [1.807, 2.05) is 4.90 Å². The molecular formula is C19H26FN3O3. The van der Waals surface area contributed by atoms with Gasteiger partial charge in [-0.05, 0) is 30.5 Å². The summed E-state index contributed by atoms with van der Waals surface area (Å²) in [5.41, 5.74) is 0.360. The van der Waals surface area contributed by atoms with E-state index in [0.29, 0.717) is 19.6 Å². The van der Waals surface area contributed by atoms with Crippen molar-refractivity contribution in [2.45, 2.75) is 50.2 Å². The van der Waals surface area contributed by atoms with Crippen molar-refractivity contribution in [3.8, 4) is 0 Å². The van der Waals surface area contributed by atoms with Crippen LogP contribution in [-0.2, 0) is 16.1 Å². The number of nitrogens with one attached hydrogen (secondary N) is 2. The Morgan fingerprint density at radius 1 is 1.31 bits per heavy atom. The number of piperazine rings is 1. The van der Waals surface area contributed by atoms with Crippen molar-refractivity contribution in [3.05, 3.63) is 35.6 Å². The summed E-state index contributed by atoms with van der Waals surface area (Å²) in [5, 5.41) is 15.4. The maximum absolute atomic E-state index is 13.1. The van der Waals surface area contributed by atoms with Gasteiger partial charge in [-0.1, -0.05) is 25.0 Å². The molecule has 0 unspecified atom stereocenters. The van der Waals surface area contributed by atoms with Gasteiger partial charge in [-0.3, -0.25) is 14.5 Å². The number of rotatable bonds is 6. The Bertz CT molecular complexity index is 644. The van der Waals surface area contributed by atoms with E-state index < -0.39 is 11.6 Å². The molecule has 2 aliphatic rings. The minimum Gasteiger partial charge on any atom is -0.394 e. The van der Waals surface area contributed by atoms with Crippen LogP contribution in [0.1, 0.15) is 37.7 Å². The van der Waals surface area contributed by atoms with Crippen molar-refractivity contribution in [2.75, 3.05) is 19.7 Å². The molecule has 2 fully saturated rings. The van der Waals surface area contributed by atoms with E-state index in [1.54, 1.807) is 12.1 Å². The average Bonchev–Trinajstić information content (AvgIpc) is 3.09. The van der Waals surface area contributed by atoms with Gasteiger partial charge in [0.15, 0.2) is 0 Å². The predicted octanol–water partition coefficient (Wildman–Crippen LogP) is 0.937. The van der Waals surface area contributed by atoms with Crippen LogP contribution in [0.4, 0.5) is 4.39 Å². The summed E-state index contributed by atoms with van der Waals surface area (Å²) in [5.74, 6) is -0.683. The SMILES string of the molecule is O=C(C[C@H]1C(=O)NCCN1Cc1ccc(F)cc1)NC1(CO)CCCC1. The number of carbonyl (C=O) groups is 2. The second kappa shape index (κ2) is 8.14. The Labute approximate surface area is 152 Å². The monoisotopic (exact) mass is 363 g/mol. The van der Waals surface area contributed by atoms with E-state index in [2.05, 4.69) is 10.6 Å². The van der Waals surface area contributed by atoms with Crippen LogP contribution in [0.15, 0.2) is 24.3 Å². The fourth-order valence-electron chi connectivity index (χ4n) is 3.89. The van der Waals surface area contributed by atoms with Gasteiger partial charge in [-0.15, -0.1) is 0 Å². The fraction of sp³-hybridized carbons (Fsp3) is 0.579. The van der Waals surface area contributed by atoms with E-state index in [1.165, 1.54) is 12.1 Å². The molecule has 0 spiro atoms. The molecule has 3 rings (SSSR count). The second-order valence-corrected chi connectivity index (χ2v) is 7.30. The third-order valence-corrected chi connectivity index (χ3v) is 5.39. The van der Waals surface area contributed by atoms with E-state index in [0.717, 1.165) is 31.2 Å². The summed E-state index contributed by atoms with van der Waals surface area (Å²) < 4.78 is 13.1. The largest absolute Gasteiger partial charge is 0.394 e. The minimum atomic E-state index is -0.564. The van der Waals surface area contributed by atoms with Crippen molar-refractivity contribution in [3.63, 3.8) is 0 Å². The van der Waals surface area contributed by atoms with Gasteiger partial charge in [0.05, 0.1) is 24.6 Å². The quantitative estimate of drug-likeness (QED) is 0.703. The maximum atomic E-state index is 13.1. The van der Waals surface area contributed by atoms with Crippen molar-refractivity contribution in [1.82, 2.24) is 15.5 Å². The first-order valence-electron chi connectivity index (χ1n) is 9.19. The van der Waals surface area contributed by atoms with Gasteiger partial charge in [0.25, 0.3) is 0 Å². The number of benzene rings is 1. The molecule has 7 heteroatoms. The summed E-state index contributed by atoms with van der Waals surface area (Å²) >= 11 is 0. The smallest absolute Gasteiger partial charge is 0.237 e. The Balaban J connectivity index is 1.65. The highest BCUT2D eigenvalue weighted by Crippen LogP contribution is 2.29. The summed E-state index contributed by atoms with van der Waals surface area (Å²) in [7, 11) is 0. The van der Waals surface area contributed by atoms with E-state index >= 15 is 0 Å². The Kier molecular flexibility index (Phi) is 5.88. The van der Waals surface area contributed by atoms with E-state index in [-0.39, 0.29) is 30.7 Å². The lowest BCUT2D eigenvalue weighted by atomic mass is 9.97. The predicted molar refractivity (Wildman–Crippen MR) is 94.7 cm³/mol. The molecule has 1 atom stereocenters. The molecule has 1 saturated heterocycles. The van der Waals surface area contributed by atoms with Crippen LogP contribution in [0.3, 0.4) is 0 Å². The Morgan fingerprint density at radius 2 is 2.00 bits per heavy atom. The first kappa shape index (κ1) is 18.8. The van der Waals surface area contributed by atoms with E-state index in [4.69, 9.17) is 0 Å². The molecule has 2 amide bonds. The number of halogens is 1. The third-order valence-electron chi connectivity index (χ3n) is 5.39. The lowest BCUT2D eigenvalue weighted by Gasteiger charge is -2.36. The number of hydrogen-bond acceptors (Lipinski definition) is 4. The topological polar surface area (TPSA) is 81.7 Å². The van der Waals surface area contributed by atoms with Crippen LogP contribution in [-0.4, -0.2) is 53.1 Å². The van der Waals surface area contributed by atoms with Crippen LogP contribution < -0.4 is 10.6 Å². The molecule has 1 saturated carbocycles. The summed E-state index contributed by atoms with van der Waals surface area (Å²) in [6, 6.07) is 5.61. The third kappa shape index (κ3) is 4.40. The number of amides is 2. The first-order chi connectivity index (χ1) is 12.5.